The van der Waals surface area contributed by atoms with Crippen molar-refractivity contribution >= 4 is 5.97 Å². The topological polar surface area (TPSA) is 49.3 Å². The van der Waals surface area contributed by atoms with E-state index < -0.39 is 5.97 Å². The molecule has 1 fully saturated rings. The highest BCUT2D eigenvalue weighted by Crippen LogP contribution is 2.43. The predicted molar refractivity (Wildman–Crippen MR) is 71.5 cm³/mol. The number of carbonyl (C=O) groups is 1. The van der Waals surface area contributed by atoms with Gasteiger partial charge in [0.25, 0.3) is 0 Å². The smallest absolute Gasteiger partial charge is 0.335 e. The van der Waals surface area contributed by atoms with Gasteiger partial charge in [0.1, 0.15) is 0 Å². The van der Waals surface area contributed by atoms with Crippen LogP contribution in [0.5, 0.6) is 0 Å². The fourth-order valence-electron chi connectivity index (χ4n) is 2.54. The molecule has 3 heteroatoms. The molecule has 0 aromatic heterocycles. The molecule has 2 N–H and O–H groups in total. The number of benzene rings is 1. The largest absolute Gasteiger partial charge is 0.478 e. The van der Waals surface area contributed by atoms with Crippen LogP contribution in [0.3, 0.4) is 0 Å². The van der Waals surface area contributed by atoms with Crippen LogP contribution < -0.4 is 5.32 Å². The van der Waals surface area contributed by atoms with Gasteiger partial charge in [0.05, 0.1) is 5.56 Å². The van der Waals surface area contributed by atoms with E-state index in [0.717, 1.165) is 36.4 Å². The van der Waals surface area contributed by atoms with E-state index in [1.54, 1.807) is 18.2 Å². The molecule has 3 nitrogen and oxygen atoms in total. The maximum atomic E-state index is 10.8. The third-order valence-corrected chi connectivity index (χ3v) is 3.74. The van der Waals surface area contributed by atoms with Gasteiger partial charge < -0.3 is 10.4 Å². The summed E-state index contributed by atoms with van der Waals surface area (Å²) in [4.78, 5) is 10.8. The third-order valence-electron chi connectivity index (χ3n) is 3.74. The molecule has 98 valence electrons. The molecule has 0 amide bonds. The summed E-state index contributed by atoms with van der Waals surface area (Å²) in [6, 6.07) is 7.13. The second kappa shape index (κ2) is 5.53. The van der Waals surface area contributed by atoms with Crippen molar-refractivity contribution in [2.45, 2.75) is 26.8 Å². The lowest BCUT2D eigenvalue weighted by Gasteiger charge is -2.06. The van der Waals surface area contributed by atoms with E-state index in [2.05, 4.69) is 19.2 Å². The Morgan fingerprint density at radius 3 is 2.89 bits per heavy atom. The van der Waals surface area contributed by atoms with Gasteiger partial charge in [-0.05, 0) is 48.4 Å². The minimum atomic E-state index is -0.862. The average Bonchev–Trinajstić information content (AvgIpc) is 3.09. The van der Waals surface area contributed by atoms with Crippen molar-refractivity contribution in [2.24, 2.45) is 17.8 Å². The highest BCUT2D eigenvalue weighted by Gasteiger charge is 2.38. The van der Waals surface area contributed by atoms with Crippen LogP contribution in [0.1, 0.15) is 36.2 Å². The van der Waals surface area contributed by atoms with E-state index in [1.807, 2.05) is 6.07 Å². The van der Waals surface area contributed by atoms with Crippen molar-refractivity contribution in [2.75, 3.05) is 6.54 Å². The van der Waals surface area contributed by atoms with E-state index in [-0.39, 0.29) is 0 Å². The molecule has 1 aliphatic rings. The molecule has 0 radical (unpaired) electrons. The van der Waals surface area contributed by atoms with Crippen LogP contribution in [0.15, 0.2) is 24.3 Å². The van der Waals surface area contributed by atoms with Crippen LogP contribution in [0, 0.1) is 17.8 Å². The zero-order valence-electron chi connectivity index (χ0n) is 11.0. The minimum Gasteiger partial charge on any atom is -0.478 e. The predicted octanol–water partition coefficient (Wildman–Crippen LogP) is 2.77. The molecule has 1 aromatic rings. The number of nitrogens with one attached hydrogen (secondary N) is 1. The Morgan fingerprint density at radius 2 is 2.28 bits per heavy atom. The second-order valence-electron chi connectivity index (χ2n) is 5.54. The molecular weight excluding hydrogens is 226 g/mol. The van der Waals surface area contributed by atoms with E-state index in [1.165, 1.54) is 6.42 Å². The first-order chi connectivity index (χ1) is 8.58. The molecule has 1 aliphatic carbocycles. The van der Waals surface area contributed by atoms with Crippen LogP contribution in [0.25, 0.3) is 0 Å². The summed E-state index contributed by atoms with van der Waals surface area (Å²) in [5.41, 5.74) is 1.40. The molecule has 18 heavy (non-hydrogen) atoms. The fraction of sp³-hybridized carbons (Fsp3) is 0.533. The zero-order chi connectivity index (χ0) is 13.1. The maximum absolute atomic E-state index is 10.8. The van der Waals surface area contributed by atoms with Gasteiger partial charge in [-0.3, -0.25) is 0 Å². The summed E-state index contributed by atoms with van der Waals surface area (Å²) in [6.07, 6.45) is 1.33. The van der Waals surface area contributed by atoms with Crippen molar-refractivity contribution in [3.8, 4) is 0 Å². The summed E-state index contributed by atoms with van der Waals surface area (Å²) in [6.45, 7) is 6.35. The SMILES string of the molecule is CC(C)[C@@H]1C[C@H]1CNCc1cccc(C(=O)O)c1. The first kappa shape index (κ1) is 13.1. The molecule has 0 unspecified atom stereocenters. The molecule has 0 spiro atoms. The van der Waals surface area contributed by atoms with E-state index in [9.17, 15) is 4.79 Å². The number of aromatic carboxylic acids is 1. The van der Waals surface area contributed by atoms with Crippen molar-refractivity contribution in [3.63, 3.8) is 0 Å². The van der Waals surface area contributed by atoms with Crippen LogP contribution in [0.2, 0.25) is 0 Å². The monoisotopic (exact) mass is 247 g/mol. The molecular formula is C15H21NO2. The normalized spacial score (nSPS) is 22.2. The number of carboxylic acids is 1. The van der Waals surface area contributed by atoms with Crippen LogP contribution in [0.4, 0.5) is 0 Å². The Morgan fingerprint density at radius 1 is 1.50 bits per heavy atom. The lowest BCUT2D eigenvalue weighted by molar-refractivity contribution is 0.0696. The summed E-state index contributed by atoms with van der Waals surface area (Å²) in [7, 11) is 0. The van der Waals surface area contributed by atoms with E-state index in [0.29, 0.717) is 5.56 Å². The van der Waals surface area contributed by atoms with Crippen LogP contribution in [-0.4, -0.2) is 17.6 Å². The lowest BCUT2D eigenvalue weighted by Crippen LogP contribution is -2.17. The Labute approximate surface area is 108 Å². The highest BCUT2D eigenvalue weighted by atomic mass is 16.4. The average molecular weight is 247 g/mol. The second-order valence-corrected chi connectivity index (χ2v) is 5.54. The molecule has 0 aliphatic heterocycles. The highest BCUT2D eigenvalue weighted by molar-refractivity contribution is 5.87. The molecule has 0 heterocycles. The summed E-state index contributed by atoms with van der Waals surface area (Å²) in [5.74, 6) is 1.61. The van der Waals surface area contributed by atoms with Gasteiger partial charge >= 0.3 is 5.97 Å². The van der Waals surface area contributed by atoms with Gasteiger partial charge in [-0.15, -0.1) is 0 Å². The Hall–Kier alpha value is -1.35. The first-order valence-corrected chi connectivity index (χ1v) is 6.61. The quantitative estimate of drug-likeness (QED) is 0.812. The number of rotatable bonds is 6. The Kier molecular flexibility index (Phi) is 4.02. The van der Waals surface area contributed by atoms with E-state index >= 15 is 0 Å². The number of carboxylic acid groups (broad SMARTS) is 1. The van der Waals surface area contributed by atoms with Gasteiger partial charge in [0.2, 0.25) is 0 Å². The van der Waals surface area contributed by atoms with Gasteiger partial charge in [-0.1, -0.05) is 26.0 Å². The van der Waals surface area contributed by atoms with Gasteiger partial charge in [-0.2, -0.15) is 0 Å². The number of hydrogen-bond acceptors (Lipinski definition) is 2. The Balaban J connectivity index is 1.77. The van der Waals surface area contributed by atoms with Gasteiger partial charge in [-0.25, -0.2) is 4.79 Å². The molecule has 2 atom stereocenters. The van der Waals surface area contributed by atoms with Crippen LogP contribution in [-0.2, 0) is 6.54 Å². The first-order valence-electron chi connectivity index (χ1n) is 6.61. The minimum absolute atomic E-state index is 0.362. The molecule has 1 aromatic carbocycles. The van der Waals surface area contributed by atoms with Crippen molar-refractivity contribution in [1.82, 2.24) is 5.32 Å². The fourth-order valence-corrected chi connectivity index (χ4v) is 2.54. The maximum Gasteiger partial charge on any atom is 0.335 e. The standard InChI is InChI=1S/C15H21NO2/c1-10(2)14-7-13(14)9-16-8-11-4-3-5-12(6-11)15(17)18/h3-6,10,13-14,16H,7-9H2,1-2H3,(H,17,18)/t13-,14-/m0/s1. The van der Waals surface area contributed by atoms with Crippen LogP contribution >= 0.6 is 0 Å². The number of hydrogen-bond donors (Lipinski definition) is 2. The van der Waals surface area contributed by atoms with Gasteiger partial charge in [0, 0.05) is 6.54 Å². The zero-order valence-corrected chi connectivity index (χ0v) is 11.0. The molecule has 0 saturated heterocycles. The Bertz CT molecular complexity index is 428. The molecule has 0 bridgehead atoms. The lowest BCUT2D eigenvalue weighted by atomic mass is 10.1. The summed E-state index contributed by atoms with van der Waals surface area (Å²) in [5, 5.41) is 12.3. The van der Waals surface area contributed by atoms with Crippen molar-refractivity contribution in [3.05, 3.63) is 35.4 Å². The van der Waals surface area contributed by atoms with Gasteiger partial charge in [0.15, 0.2) is 0 Å². The molecule has 1 saturated carbocycles. The third kappa shape index (κ3) is 3.33. The summed E-state index contributed by atoms with van der Waals surface area (Å²) < 4.78 is 0. The van der Waals surface area contributed by atoms with Crippen molar-refractivity contribution in [1.29, 1.82) is 0 Å². The van der Waals surface area contributed by atoms with E-state index in [4.69, 9.17) is 5.11 Å². The summed E-state index contributed by atoms with van der Waals surface area (Å²) >= 11 is 0. The molecule has 2 rings (SSSR count). The van der Waals surface area contributed by atoms with Crippen molar-refractivity contribution < 1.29 is 9.90 Å².